The van der Waals surface area contributed by atoms with Gasteiger partial charge in [0.2, 0.25) is 0 Å². The Morgan fingerprint density at radius 2 is 2.04 bits per heavy atom. The van der Waals surface area contributed by atoms with E-state index in [1.807, 2.05) is 6.07 Å². The molecule has 0 saturated heterocycles. The molecule has 2 aromatic carbocycles. The second-order valence-electron chi connectivity index (χ2n) is 5.45. The van der Waals surface area contributed by atoms with E-state index < -0.39 is 5.82 Å². The number of hydrogen-bond acceptors (Lipinski definition) is 4. The molecule has 0 radical (unpaired) electrons. The number of halogens is 2. The number of amides is 1. The maximum Gasteiger partial charge on any atom is 0.260 e. The summed E-state index contributed by atoms with van der Waals surface area (Å²) in [5.41, 5.74) is 0.678. The van der Waals surface area contributed by atoms with E-state index >= 15 is 0 Å². The van der Waals surface area contributed by atoms with Gasteiger partial charge in [0, 0.05) is 30.2 Å². The number of benzene rings is 2. The predicted octanol–water partition coefficient (Wildman–Crippen LogP) is 3.79. The molecule has 0 saturated carbocycles. The van der Waals surface area contributed by atoms with Gasteiger partial charge >= 0.3 is 0 Å². The first-order chi connectivity index (χ1) is 12.5. The van der Waals surface area contributed by atoms with E-state index in [1.165, 1.54) is 24.1 Å². The van der Waals surface area contributed by atoms with Gasteiger partial charge in [-0.05, 0) is 31.2 Å². The van der Waals surface area contributed by atoms with Gasteiger partial charge in [-0.15, -0.1) is 0 Å². The molecule has 26 heavy (non-hydrogen) atoms. The Morgan fingerprint density at radius 3 is 2.69 bits per heavy atom. The zero-order valence-electron chi connectivity index (χ0n) is 14.5. The fraction of sp³-hybridized carbons (Fsp3) is 0.263. The SMILES string of the molecule is CCOc1cc(C#N)ccc1OCC(=O)N(C)Cc1c(F)cccc1Cl. The molecule has 2 aromatic rings. The lowest BCUT2D eigenvalue weighted by Crippen LogP contribution is -2.31. The van der Waals surface area contributed by atoms with E-state index in [9.17, 15) is 9.18 Å². The molecule has 0 spiro atoms. The lowest BCUT2D eigenvalue weighted by molar-refractivity contribution is -0.132. The number of carbonyl (C=O) groups is 1. The average molecular weight is 377 g/mol. The van der Waals surface area contributed by atoms with Crippen LogP contribution < -0.4 is 9.47 Å². The normalized spacial score (nSPS) is 10.1. The summed E-state index contributed by atoms with van der Waals surface area (Å²) in [4.78, 5) is 13.6. The van der Waals surface area contributed by atoms with Crippen molar-refractivity contribution in [3.05, 3.63) is 58.4 Å². The first-order valence-electron chi connectivity index (χ1n) is 7.92. The van der Waals surface area contributed by atoms with Crippen LogP contribution in [0.25, 0.3) is 0 Å². The minimum Gasteiger partial charge on any atom is -0.490 e. The topological polar surface area (TPSA) is 62.6 Å². The van der Waals surface area contributed by atoms with E-state index in [1.54, 1.807) is 31.2 Å². The zero-order chi connectivity index (χ0) is 19.1. The summed E-state index contributed by atoms with van der Waals surface area (Å²) in [6.07, 6.45) is 0. The van der Waals surface area contributed by atoms with Crippen LogP contribution in [-0.4, -0.2) is 31.1 Å². The quantitative estimate of drug-likeness (QED) is 0.737. The third-order valence-electron chi connectivity index (χ3n) is 3.61. The number of carbonyl (C=O) groups excluding carboxylic acids is 1. The molecule has 0 aliphatic rings. The van der Waals surface area contributed by atoms with Gasteiger partial charge in [-0.25, -0.2) is 4.39 Å². The van der Waals surface area contributed by atoms with Crippen molar-refractivity contribution < 1.29 is 18.7 Å². The van der Waals surface area contributed by atoms with E-state index in [-0.39, 0.29) is 29.6 Å². The van der Waals surface area contributed by atoms with Crippen LogP contribution in [0.2, 0.25) is 5.02 Å². The number of likely N-dealkylation sites (N-methyl/N-ethyl adjacent to an activating group) is 1. The van der Waals surface area contributed by atoms with Crippen LogP contribution in [0.5, 0.6) is 11.5 Å². The van der Waals surface area contributed by atoms with Crippen molar-refractivity contribution in [1.29, 1.82) is 5.26 Å². The highest BCUT2D eigenvalue weighted by molar-refractivity contribution is 6.31. The maximum atomic E-state index is 13.8. The highest BCUT2D eigenvalue weighted by Crippen LogP contribution is 2.28. The number of ether oxygens (including phenoxy) is 2. The molecule has 0 heterocycles. The van der Waals surface area contributed by atoms with E-state index in [0.717, 1.165) is 0 Å². The molecule has 0 atom stereocenters. The molecule has 0 aromatic heterocycles. The van der Waals surface area contributed by atoms with Crippen LogP contribution in [-0.2, 0) is 11.3 Å². The highest BCUT2D eigenvalue weighted by atomic mass is 35.5. The molecule has 0 aliphatic carbocycles. The van der Waals surface area contributed by atoms with E-state index in [2.05, 4.69) is 0 Å². The molecule has 5 nitrogen and oxygen atoms in total. The average Bonchev–Trinajstić information content (AvgIpc) is 2.63. The summed E-state index contributed by atoms with van der Waals surface area (Å²) in [6, 6.07) is 11.1. The Hall–Kier alpha value is -2.78. The smallest absolute Gasteiger partial charge is 0.260 e. The Labute approximate surface area is 156 Å². The molecule has 0 fully saturated rings. The van der Waals surface area contributed by atoms with Crippen molar-refractivity contribution in [3.63, 3.8) is 0 Å². The van der Waals surface area contributed by atoms with Crippen molar-refractivity contribution in [2.75, 3.05) is 20.3 Å². The lowest BCUT2D eigenvalue weighted by atomic mass is 10.2. The molecule has 0 N–H and O–H groups in total. The molecule has 0 aliphatic heterocycles. The minimum absolute atomic E-state index is 0.0272. The molecular weight excluding hydrogens is 359 g/mol. The van der Waals surface area contributed by atoms with Gasteiger partial charge < -0.3 is 14.4 Å². The zero-order valence-corrected chi connectivity index (χ0v) is 15.2. The number of hydrogen-bond donors (Lipinski definition) is 0. The minimum atomic E-state index is -0.469. The van der Waals surface area contributed by atoms with Gasteiger partial charge in [0.15, 0.2) is 18.1 Å². The van der Waals surface area contributed by atoms with Gasteiger partial charge in [0.05, 0.1) is 18.2 Å². The predicted molar refractivity (Wildman–Crippen MR) is 95.7 cm³/mol. The molecule has 0 unspecified atom stereocenters. The monoisotopic (exact) mass is 376 g/mol. The van der Waals surface area contributed by atoms with Gasteiger partial charge in [-0.3, -0.25) is 4.79 Å². The van der Waals surface area contributed by atoms with Gasteiger partial charge in [-0.1, -0.05) is 17.7 Å². The van der Waals surface area contributed by atoms with Crippen molar-refractivity contribution in [1.82, 2.24) is 4.90 Å². The standard InChI is InChI=1S/C19H18ClFN2O3/c1-3-25-18-9-13(10-22)7-8-17(18)26-12-19(24)23(2)11-14-15(20)5-4-6-16(14)21/h4-9H,3,11-12H2,1-2H3. The largest absolute Gasteiger partial charge is 0.490 e. The van der Waals surface area contributed by atoms with Crippen molar-refractivity contribution in [2.24, 2.45) is 0 Å². The Bertz CT molecular complexity index is 816. The third-order valence-corrected chi connectivity index (χ3v) is 3.96. The van der Waals surface area contributed by atoms with E-state index in [0.29, 0.717) is 23.7 Å². The van der Waals surface area contributed by atoms with Crippen LogP contribution in [0.15, 0.2) is 36.4 Å². The van der Waals surface area contributed by atoms with Crippen molar-refractivity contribution in [2.45, 2.75) is 13.5 Å². The van der Waals surface area contributed by atoms with Crippen LogP contribution in [0, 0.1) is 17.1 Å². The molecule has 0 bridgehead atoms. The number of nitrogens with zero attached hydrogens (tertiary/aromatic N) is 2. The van der Waals surface area contributed by atoms with Gasteiger partial charge in [0.1, 0.15) is 5.82 Å². The maximum absolute atomic E-state index is 13.8. The second-order valence-corrected chi connectivity index (χ2v) is 5.85. The summed E-state index contributed by atoms with van der Waals surface area (Å²) in [7, 11) is 1.54. The summed E-state index contributed by atoms with van der Waals surface area (Å²) in [5.74, 6) is -0.0735. The Balaban J connectivity index is 2.03. The van der Waals surface area contributed by atoms with Crippen molar-refractivity contribution in [3.8, 4) is 17.6 Å². The summed E-state index contributed by atoms with van der Waals surface area (Å²) in [5, 5.41) is 9.21. The summed E-state index contributed by atoms with van der Waals surface area (Å²) < 4.78 is 24.8. The third kappa shape index (κ3) is 4.87. The first-order valence-corrected chi connectivity index (χ1v) is 8.30. The fourth-order valence-corrected chi connectivity index (χ4v) is 2.45. The molecule has 136 valence electrons. The van der Waals surface area contributed by atoms with Crippen molar-refractivity contribution >= 4 is 17.5 Å². The van der Waals surface area contributed by atoms with Gasteiger partial charge in [0.25, 0.3) is 5.91 Å². The number of rotatable bonds is 7. The van der Waals surface area contributed by atoms with Crippen LogP contribution in [0.3, 0.4) is 0 Å². The van der Waals surface area contributed by atoms with Crippen LogP contribution in [0.1, 0.15) is 18.1 Å². The first kappa shape index (κ1) is 19.5. The summed E-state index contributed by atoms with van der Waals surface area (Å²) in [6.45, 7) is 1.97. The molecule has 2 rings (SSSR count). The molecular formula is C19H18ClFN2O3. The molecule has 7 heteroatoms. The highest BCUT2D eigenvalue weighted by Gasteiger charge is 2.16. The second kappa shape index (κ2) is 9.07. The van der Waals surface area contributed by atoms with Crippen LogP contribution in [0.4, 0.5) is 4.39 Å². The number of nitriles is 1. The summed E-state index contributed by atoms with van der Waals surface area (Å²) >= 11 is 5.98. The van der Waals surface area contributed by atoms with E-state index in [4.69, 9.17) is 26.3 Å². The Kier molecular flexibility index (Phi) is 6.81. The fourth-order valence-electron chi connectivity index (χ4n) is 2.22. The van der Waals surface area contributed by atoms with Gasteiger partial charge in [-0.2, -0.15) is 5.26 Å². The van der Waals surface area contributed by atoms with Crippen LogP contribution >= 0.6 is 11.6 Å². The Morgan fingerprint density at radius 1 is 1.27 bits per heavy atom. The lowest BCUT2D eigenvalue weighted by Gasteiger charge is -2.19. The molecule has 1 amide bonds.